The van der Waals surface area contributed by atoms with Crippen molar-refractivity contribution in [1.82, 2.24) is 0 Å². The van der Waals surface area contributed by atoms with Crippen molar-refractivity contribution in [3.8, 4) is 0 Å². The molecule has 0 spiro atoms. The standard InChI is InChI=1S/C8H10ClN.C3H6O2/c1-2-6-3-4-7(9)5-8(6)10;1-2-3(4)5/h3-5H,2,10H2,1H3;2H2,1H3,(H,4,5). The Bertz CT molecular complexity index is 326. The SMILES string of the molecule is CCC(=O)O.CCc1ccc(Cl)cc1N. The lowest BCUT2D eigenvalue weighted by Gasteiger charge is -2.00. The van der Waals surface area contributed by atoms with Crippen molar-refractivity contribution in [2.24, 2.45) is 0 Å². The highest BCUT2D eigenvalue weighted by Gasteiger charge is 1.95. The first-order valence-electron chi connectivity index (χ1n) is 4.76. The summed E-state index contributed by atoms with van der Waals surface area (Å²) in [5.74, 6) is -0.745. The summed E-state index contributed by atoms with van der Waals surface area (Å²) < 4.78 is 0. The van der Waals surface area contributed by atoms with E-state index in [0.29, 0.717) is 5.02 Å². The molecular weight excluding hydrogens is 214 g/mol. The quantitative estimate of drug-likeness (QED) is 0.767. The van der Waals surface area contributed by atoms with Gasteiger partial charge in [-0.1, -0.05) is 31.5 Å². The summed E-state index contributed by atoms with van der Waals surface area (Å²) in [5.41, 5.74) is 7.59. The van der Waals surface area contributed by atoms with Crippen molar-refractivity contribution < 1.29 is 9.90 Å². The summed E-state index contributed by atoms with van der Waals surface area (Å²) in [6.45, 7) is 3.67. The zero-order valence-corrected chi connectivity index (χ0v) is 9.71. The molecule has 0 saturated carbocycles. The molecule has 0 heterocycles. The van der Waals surface area contributed by atoms with E-state index in [9.17, 15) is 4.79 Å². The summed E-state index contributed by atoms with van der Waals surface area (Å²) in [4.78, 5) is 9.37. The molecule has 0 radical (unpaired) electrons. The number of anilines is 1. The Hall–Kier alpha value is -1.22. The van der Waals surface area contributed by atoms with Gasteiger partial charge >= 0.3 is 5.97 Å². The van der Waals surface area contributed by atoms with E-state index in [-0.39, 0.29) is 6.42 Å². The zero-order chi connectivity index (χ0) is 11.8. The molecule has 0 aliphatic carbocycles. The number of nitrogen functional groups attached to an aromatic ring is 1. The minimum Gasteiger partial charge on any atom is -0.481 e. The van der Waals surface area contributed by atoms with Crippen molar-refractivity contribution in [2.45, 2.75) is 26.7 Å². The predicted octanol–water partition coefficient (Wildman–Crippen LogP) is 2.97. The van der Waals surface area contributed by atoms with Gasteiger partial charge in [-0.2, -0.15) is 0 Å². The van der Waals surface area contributed by atoms with E-state index in [0.717, 1.165) is 17.7 Å². The number of carboxylic acid groups (broad SMARTS) is 1. The van der Waals surface area contributed by atoms with Crippen LogP contribution in [0.3, 0.4) is 0 Å². The van der Waals surface area contributed by atoms with Crippen LogP contribution in [0.15, 0.2) is 18.2 Å². The molecule has 0 saturated heterocycles. The van der Waals surface area contributed by atoms with Gasteiger partial charge in [0.1, 0.15) is 0 Å². The Morgan fingerprint density at radius 3 is 2.33 bits per heavy atom. The summed E-state index contributed by atoms with van der Waals surface area (Å²) in [6.07, 6.45) is 1.18. The molecule has 84 valence electrons. The van der Waals surface area contributed by atoms with E-state index in [1.165, 1.54) is 0 Å². The monoisotopic (exact) mass is 229 g/mol. The van der Waals surface area contributed by atoms with Gasteiger partial charge in [0.25, 0.3) is 0 Å². The van der Waals surface area contributed by atoms with Crippen LogP contribution < -0.4 is 5.73 Å². The van der Waals surface area contributed by atoms with E-state index >= 15 is 0 Å². The number of hydrogen-bond donors (Lipinski definition) is 2. The Balaban J connectivity index is 0.000000336. The lowest BCUT2D eigenvalue weighted by atomic mass is 10.1. The summed E-state index contributed by atoms with van der Waals surface area (Å²) in [5, 5.41) is 8.43. The maximum Gasteiger partial charge on any atom is 0.303 e. The summed E-state index contributed by atoms with van der Waals surface area (Å²) >= 11 is 5.69. The second-order valence-corrected chi connectivity index (χ2v) is 3.38. The van der Waals surface area contributed by atoms with Crippen molar-refractivity contribution in [3.63, 3.8) is 0 Å². The van der Waals surface area contributed by atoms with Crippen LogP contribution in [0.2, 0.25) is 5.02 Å². The number of carboxylic acids is 1. The van der Waals surface area contributed by atoms with Crippen LogP contribution in [-0.4, -0.2) is 11.1 Å². The van der Waals surface area contributed by atoms with Crippen molar-refractivity contribution >= 4 is 23.3 Å². The normalized spacial score (nSPS) is 9.00. The molecule has 0 aliphatic rings. The van der Waals surface area contributed by atoms with Crippen LogP contribution in [0, 0.1) is 0 Å². The fourth-order valence-corrected chi connectivity index (χ4v) is 1.07. The van der Waals surface area contributed by atoms with E-state index < -0.39 is 5.97 Å². The van der Waals surface area contributed by atoms with Gasteiger partial charge in [-0.25, -0.2) is 0 Å². The lowest BCUT2D eigenvalue weighted by molar-refractivity contribution is -0.136. The number of carbonyl (C=O) groups is 1. The second-order valence-electron chi connectivity index (χ2n) is 2.94. The third kappa shape index (κ3) is 5.96. The maximum atomic E-state index is 9.37. The van der Waals surface area contributed by atoms with Gasteiger partial charge in [-0.15, -0.1) is 0 Å². The lowest BCUT2D eigenvalue weighted by Crippen LogP contribution is -1.91. The molecule has 0 aromatic heterocycles. The van der Waals surface area contributed by atoms with Gasteiger partial charge in [0.2, 0.25) is 0 Å². The topological polar surface area (TPSA) is 63.3 Å². The van der Waals surface area contributed by atoms with Crippen LogP contribution >= 0.6 is 11.6 Å². The van der Waals surface area contributed by atoms with Gasteiger partial charge in [0, 0.05) is 17.1 Å². The van der Waals surface area contributed by atoms with Crippen molar-refractivity contribution in [1.29, 1.82) is 0 Å². The number of halogens is 1. The molecule has 0 atom stereocenters. The van der Waals surface area contributed by atoms with E-state index in [1.54, 1.807) is 13.0 Å². The zero-order valence-electron chi connectivity index (χ0n) is 8.96. The second kappa shape index (κ2) is 7.12. The molecule has 0 unspecified atom stereocenters. The molecule has 3 N–H and O–H groups in total. The molecule has 0 amide bonds. The van der Waals surface area contributed by atoms with Crippen LogP contribution in [0.4, 0.5) is 5.69 Å². The Kier molecular flexibility index (Phi) is 6.54. The molecule has 1 aromatic carbocycles. The third-order valence-corrected chi connectivity index (χ3v) is 2.03. The van der Waals surface area contributed by atoms with Crippen molar-refractivity contribution in [3.05, 3.63) is 28.8 Å². The number of aliphatic carboxylic acids is 1. The summed E-state index contributed by atoms with van der Waals surface area (Å²) in [7, 11) is 0. The highest BCUT2D eigenvalue weighted by molar-refractivity contribution is 6.30. The Morgan fingerprint density at radius 1 is 1.47 bits per heavy atom. The number of nitrogens with two attached hydrogens (primary N) is 1. The first-order chi connectivity index (χ1) is 7.01. The van der Waals surface area contributed by atoms with Gasteiger partial charge in [0.15, 0.2) is 0 Å². The minimum absolute atomic E-state index is 0.222. The molecule has 15 heavy (non-hydrogen) atoms. The Morgan fingerprint density at radius 2 is 2.00 bits per heavy atom. The third-order valence-electron chi connectivity index (χ3n) is 1.79. The van der Waals surface area contributed by atoms with E-state index in [4.69, 9.17) is 22.4 Å². The molecule has 3 nitrogen and oxygen atoms in total. The smallest absolute Gasteiger partial charge is 0.303 e. The fraction of sp³-hybridized carbons (Fsp3) is 0.364. The number of benzene rings is 1. The minimum atomic E-state index is -0.745. The molecule has 0 aliphatic heterocycles. The van der Waals surface area contributed by atoms with Gasteiger partial charge in [0.05, 0.1) is 0 Å². The van der Waals surface area contributed by atoms with Crippen LogP contribution in [-0.2, 0) is 11.2 Å². The average Bonchev–Trinajstić information content (AvgIpc) is 2.19. The Labute approximate surface area is 94.9 Å². The van der Waals surface area contributed by atoms with Gasteiger partial charge < -0.3 is 10.8 Å². The highest BCUT2D eigenvalue weighted by Crippen LogP contribution is 2.17. The van der Waals surface area contributed by atoms with Gasteiger partial charge in [-0.05, 0) is 24.1 Å². The van der Waals surface area contributed by atoms with Gasteiger partial charge in [-0.3, -0.25) is 4.79 Å². The molecular formula is C11H16ClNO2. The highest BCUT2D eigenvalue weighted by atomic mass is 35.5. The fourth-order valence-electron chi connectivity index (χ4n) is 0.888. The first-order valence-corrected chi connectivity index (χ1v) is 5.14. The van der Waals surface area contributed by atoms with Crippen molar-refractivity contribution in [2.75, 3.05) is 5.73 Å². The molecule has 4 heteroatoms. The van der Waals surface area contributed by atoms with Crippen LogP contribution in [0.5, 0.6) is 0 Å². The average molecular weight is 230 g/mol. The number of hydrogen-bond acceptors (Lipinski definition) is 2. The number of rotatable bonds is 2. The maximum absolute atomic E-state index is 9.37. The first kappa shape index (κ1) is 13.8. The summed E-state index contributed by atoms with van der Waals surface area (Å²) in [6, 6.07) is 5.59. The molecule has 0 bridgehead atoms. The number of aryl methyl sites for hydroxylation is 1. The van der Waals surface area contributed by atoms with E-state index in [1.807, 2.05) is 12.1 Å². The van der Waals surface area contributed by atoms with E-state index in [2.05, 4.69) is 6.92 Å². The molecule has 1 aromatic rings. The largest absolute Gasteiger partial charge is 0.481 e. The predicted molar refractivity (Wildman–Crippen MR) is 63.2 cm³/mol. The molecule has 1 rings (SSSR count). The van der Waals surface area contributed by atoms with Crippen LogP contribution in [0.25, 0.3) is 0 Å². The van der Waals surface area contributed by atoms with Crippen LogP contribution in [0.1, 0.15) is 25.8 Å². The molecule has 0 fully saturated rings.